The van der Waals surface area contributed by atoms with Gasteiger partial charge in [-0.05, 0) is 31.7 Å². The first-order chi connectivity index (χ1) is 8.61. The van der Waals surface area contributed by atoms with Crippen LogP contribution in [0.1, 0.15) is 37.3 Å². The predicted molar refractivity (Wildman–Crippen MR) is 73.0 cm³/mol. The molecule has 0 aliphatic heterocycles. The summed E-state index contributed by atoms with van der Waals surface area (Å²) in [5.74, 6) is 0.0978. The van der Waals surface area contributed by atoms with E-state index in [4.69, 9.17) is 5.73 Å². The fourth-order valence-electron chi connectivity index (χ4n) is 2.05. The first-order valence-corrected chi connectivity index (χ1v) is 6.73. The molecular weight excluding hydrogens is 224 g/mol. The van der Waals surface area contributed by atoms with Crippen LogP contribution in [0.5, 0.6) is 0 Å². The molecule has 1 aliphatic rings. The molecule has 1 fully saturated rings. The van der Waals surface area contributed by atoms with Crippen LogP contribution in [-0.4, -0.2) is 22.9 Å². The summed E-state index contributed by atoms with van der Waals surface area (Å²) < 4.78 is 0. The first-order valence-electron chi connectivity index (χ1n) is 6.73. The van der Waals surface area contributed by atoms with Gasteiger partial charge in [0.25, 0.3) is 0 Å². The van der Waals surface area contributed by atoms with E-state index in [2.05, 4.69) is 31.2 Å². The van der Waals surface area contributed by atoms with Gasteiger partial charge < -0.3 is 10.6 Å². The maximum absolute atomic E-state index is 12.2. The maximum atomic E-state index is 12.2. The van der Waals surface area contributed by atoms with Crippen LogP contribution in [0.3, 0.4) is 0 Å². The number of aryl methyl sites for hydroxylation is 1. The normalized spacial score (nSPS) is 16.4. The predicted octanol–water partition coefficient (Wildman–Crippen LogP) is 2.22. The van der Waals surface area contributed by atoms with Gasteiger partial charge in [0.05, 0.1) is 6.04 Å². The number of benzene rings is 1. The Morgan fingerprint density at radius 2 is 2.00 bits per heavy atom. The molecule has 1 saturated carbocycles. The van der Waals surface area contributed by atoms with Gasteiger partial charge in [0.1, 0.15) is 0 Å². The molecule has 3 nitrogen and oxygen atoms in total. The average molecular weight is 246 g/mol. The molecule has 1 atom stereocenters. The first kappa shape index (κ1) is 13.1. The summed E-state index contributed by atoms with van der Waals surface area (Å²) >= 11 is 0. The third-order valence-corrected chi connectivity index (χ3v) is 3.50. The zero-order chi connectivity index (χ0) is 13.1. The third-order valence-electron chi connectivity index (χ3n) is 3.50. The molecular formula is C15H22N2O. The second kappa shape index (κ2) is 5.53. The fraction of sp³-hybridized carbons (Fsp3) is 0.533. The van der Waals surface area contributed by atoms with Crippen molar-refractivity contribution < 1.29 is 4.79 Å². The number of carbonyl (C=O) groups excluding carboxylic acids is 1. The molecule has 0 unspecified atom stereocenters. The summed E-state index contributed by atoms with van der Waals surface area (Å²) in [5, 5.41) is 0. The standard InChI is InChI=1S/C15H22N2O/c1-3-14(16)15(18)17(13-8-9-13)10-12-6-4-11(2)5-7-12/h4-7,13-14H,3,8-10,16H2,1-2H3/t14-/m1/s1. The summed E-state index contributed by atoms with van der Waals surface area (Å²) in [6.45, 7) is 4.72. The molecule has 2 rings (SSSR count). The van der Waals surface area contributed by atoms with Crippen LogP contribution in [0.15, 0.2) is 24.3 Å². The van der Waals surface area contributed by atoms with Crippen molar-refractivity contribution in [1.82, 2.24) is 4.90 Å². The lowest BCUT2D eigenvalue weighted by Crippen LogP contribution is -2.44. The third kappa shape index (κ3) is 3.10. The van der Waals surface area contributed by atoms with Crippen molar-refractivity contribution in [2.24, 2.45) is 5.73 Å². The summed E-state index contributed by atoms with van der Waals surface area (Å²) in [6, 6.07) is 8.42. The summed E-state index contributed by atoms with van der Waals surface area (Å²) in [6.07, 6.45) is 2.94. The molecule has 0 aromatic heterocycles. The molecule has 3 heteroatoms. The van der Waals surface area contributed by atoms with Crippen molar-refractivity contribution >= 4 is 5.91 Å². The summed E-state index contributed by atoms with van der Waals surface area (Å²) in [5.41, 5.74) is 8.30. The van der Waals surface area contributed by atoms with Gasteiger partial charge in [-0.1, -0.05) is 36.8 Å². The summed E-state index contributed by atoms with van der Waals surface area (Å²) in [7, 11) is 0. The number of nitrogens with zero attached hydrogens (tertiary/aromatic N) is 1. The highest BCUT2D eigenvalue weighted by molar-refractivity contribution is 5.82. The van der Waals surface area contributed by atoms with Gasteiger partial charge in [0, 0.05) is 12.6 Å². The topological polar surface area (TPSA) is 46.3 Å². The lowest BCUT2D eigenvalue weighted by atomic mass is 10.1. The van der Waals surface area contributed by atoms with Crippen molar-refractivity contribution in [3.05, 3.63) is 35.4 Å². The second-order valence-corrected chi connectivity index (χ2v) is 5.20. The van der Waals surface area contributed by atoms with E-state index in [1.54, 1.807) is 0 Å². The molecule has 0 heterocycles. The van der Waals surface area contributed by atoms with Crippen LogP contribution in [0, 0.1) is 6.92 Å². The lowest BCUT2D eigenvalue weighted by molar-refractivity contribution is -0.133. The van der Waals surface area contributed by atoms with Crippen molar-refractivity contribution in [3.8, 4) is 0 Å². The van der Waals surface area contributed by atoms with Crippen molar-refractivity contribution in [2.45, 2.75) is 51.7 Å². The lowest BCUT2D eigenvalue weighted by Gasteiger charge is -2.25. The highest BCUT2D eigenvalue weighted by atomic mass is 16.2. The molecule has 1 amide bonds. The van der Waals surface area contributed by atoms with E-state index in [0.717, 1.165) is 12.8 Å². The largest absolute Gasteiger partial charge is 0.334 e. The molecule has 1 aromatic carbocycles. The van der Waals surface area contributed by atoms with Gasteiger partial charge in [-0.3, -0.25) is 4.79 Å². The Morgan fingerprint density at radius 3 is 2.50 bits per heavy atom. The smallest absolute Gasteiger partial charge is 0.240 e. The van der Waals surface area contributed by atoms with Gasteiger partial charge in [0.15, 0.2) is 0 Å². The minimum Gasteiger partial charge on any atom is -0.334 e. The zero-order valence-electron chi connectivity index (χ0n) is 11.2. The van der Waals surface area contributed by atoms with Crippen LogP contribution in [-0.2, 0) is 11.3 Å². The highest BCUT2D eigenvalue weighted by Gasteiger charge is 2.34. The van der Waals surface area contributed by atoms with Gasteiger partial charge in [-0.25, -0.2) is 0 Å². The van der Waals surface area contributed by atoms with Crippen LogP contribution in [0.25, 0.3) is 0 Å². The Balaban J connectivity index is 2.06. The monoisotopic (exact) mass is 246 g/mol. The van der Waals surface area contributed by atoms with Crippen molar-refractivity contribution in [3.63, 3.8) is 0 Å². The van der Waals surface area contributed by atoms with E-state index < -0.39 is 0 Å². The van der Waals surface area contributed by atoms with E-state index in [-0.39, 0.29) is 11.9 Å². The number of rotatable bonds is 5. The number of nitrogens with two attached hydrogens (primary N) is 1. The molecule has 0 radical (unpaired) electrons. The van der Waals surface area contributed by atoms with Crippen LogP contribution >= 0.6 is 0 Å². The molecule has 98 valence electrons. The van der Waals surface area contributed by atoms with E-state index in [1.165, 1.54) is 11.1 Å². The number of hydrogen-bond donors (Lipinski definition) is 1. The fourth-order valence-corrected chi connectivity index (χ4v) is 2.05. The number of hydrogen-bond acceptors (Lipinski definition) is 2. The highest BCUT2D eigenvalue weighted by Crippen LogP contribution is 2.29. The van der Waals surface area contributed by atoms with E-state index in [9.17, 15) is 4.79 Å². The molecule has 1 aromatic rings. The Kier molecular flexibility index (Phi) is 4.02. The average Bonchev–Trinajstić information content (AvgIpc) is 3.20. The van der Waals surface area contributed by atoms with Crippen molar-refractivity contribution in [1.29, 1.82) is 0 Å². The maximum Gasteiger partial charge on any atom is 0.240 e. The Hall–Kier alpha value is -1.35. The van der Waals surface area contributed by atoms with Crippen LogP contribution in [0.4, 0.5) is 0 Å². The summed E-state index contributed by atoms with van der Waals surface area (Å²) in [4.78, 5) is 14.2. The minimum absolute atomic E-state index is 0.0978. The van der Waals surface area contributed by atoms with E-state index in [0.29, 0.717) is 19.0 Å². The SMILES string of the molecule is CC[C@@H](N)C(=O)N(Cc1ccc(C)cc1)C1CC1. The molecule has 0 bridgehead atoms. The number of amides is 1. The molecule has 1 aliphatic carbocycles. The van der Waals surface area contributed by atoms with Gasteiger partial charge in [-0.15, -0.1) is 0 Å². The van der Waals surface area contributed by atoms with Crippen molar-refractivity contribution in [2.75, 3.05) is 0 Å². The van der Waals surface area contributed by atoms with Gasteiger partial charge in [0.2, 0.25) is 5.91 Å². The van der Waals surface area contributed by atoms with Gasteiger partial charge >= 0.3 is 0 Å². The quantitative estimate of drug-likeness (QED) is 0.866. The molecule has 0 saturated heterocycles. The van der Waals surface area contributed by atoms with E-state index in [1.807, 2.05) is 11.8 Å². The van der Waals surface area contributed by atoms with E-state index >= 15 is 0 Å². The number of carbonyl (C=O) groups is 1. The zero-order valence-corrected chi connectivity index (χ0v) is 11.2. The Labute approximate surface area is 109 Å². The molecule has 2 N–H and O–H groups in total. The van der Waals surface area contributed by atoms with Crippen LogP contribution in [0.2, 0.25) is 0 Å². The molecule has 18 heavy (non-hydrogen) atoms. The van der Waals surface area contributed by atoms with Crippen LogP contribution < -0.4 is 5.73 Å². The minimum atomic E-state index is -0.351. The Bertz CT molecular complexity index is 409. The van der Waals surface area contributed by atoms with Gasteiger partial charge in [-0.2, -0.15) is 0 Å². The second-order valence-electron chi connectivity index (χ2n) is 5.20. The molecule has 0 spiro atoms. The Morgan fingerprint density at radius 1 is 1.39 bits per heavy atom.